The van der Waals surface area contributed by atoms with Gasteiger partial charge in [0.15, 0.2) is 5.17 Å². The number of hydrogen-bond donors (Lipinski definition) is 1. The van der Waals surface area contributed by atoms with Crippen molar-refractivity contribution in [1.29, 1.82) is 0 Å². The number of nitrogens with zero attached hydrogens (tertiary/aromatic N) is 2. The molecule has 0 unspecified atom stereocenters. The molecular formula is C22H20N3O6S-. The number of thioether (sulfide) groups is 1. The lowest BCUT2D eigenvalue weighted by Gasteiger charge is -2.28. The van der Waals surface area contributed by atoms with Gasteiger partial charge in [-0.2, -0.15) is 0 Å². The van der Waals surface area contributed by atoms with Crippen molar-refractivity contribution >= 4 is 52.1 Å². The lowest BCUT2D eigenvalue weighted by atomic mass is 10.2. The zero-order valence-electron chi connectivity index (χ0n) is 17.4. The Morgan fingerprint density at radius 1 is 1.12 bits per heavy atom. The van der Waals surface area contributed by atoms with Crippen LogP contribution in [-0.4, -0.2) is 52.7 Å². The van der Waals surface area contributed by atoms with Gasteiger partial charge in [0.1, 0.15) is 5.25 Å². The van der Waals surface area contributed by atoms with Gasteiger partial charge in [-0.25, -0.2) is 9.79 Å². The van der Waals surface area contributed by atoms with E-state index in [-0.39, 0.29) is 24.5 Å². The first-order chi connectivity index (χ1) is 15.3. The third-order valence-electron chi connectivity index (χ3n) is 4.55. The third-order valence-corrected chi connectivity index (χ3v) is 5.79. The van der Waals surface area contributed by atoms with Gasteiger partial charge in [-0.15, -0.1) is 0 Å². The molecule has 2 amide bonds. The fourth-order valence-corrected chi connectivity index (χ4v) is 3.87. The second kappa shape index (κ2) is 10.1. The molecule has 1 heterocycles. The minimum Gasteiger partial charge on any atom is -0.545 e. The fourth-order valence-electron chi connectivity index (χ4n) is 2.81. The summed E-state index contributed by atoms with van der Waals surface area (Å²) in [7, 11) is 1.58. The lowest BCUT2D eigenvalue weighted by molar-refractivity contribution is -0.255. The number of carboxylic acids is 1. The number of carbonyl (C=O) groups is 4. The molecule has 166 valence electrons. The van der Waals surface area contributed by atoms with Crippen LogP contribution in [0.3, 0.4) is 0 Å². The van der Waals surface area contributed by atoms with E-state index in [2.05, 4.69) is 10.3 Å². The number of benzene rings is 2. The molecule has 32 heavy (non-hydrogen) atoms. The number of amides is 2. The van der Waals surface area contributed by atoms with E-state index >= 15 is 0 Å². The largest absolute Gasteiger partial charge is 0.545 e. The van der Waals surface area contributed by atoms with Gasteiger partial charge in [-0.3, -0.25) is 14.5 Å². The highest BCUT2D eigenvalue weighted by Crippen LogP contribution is 2.29. The number of aromatic carboxylic acids is 1. The van der Waals surface area contributed by atoms with Crippen LogP contribution in [0.25, 0.3) is 0 Å². The maximum Gasteiger partial charge on any atom is 0.338 e. The molecule has 1 fully saturated rings. The maximum absolute atomic E-state index is 12.7. The highest BCUT2D eigenvalue weighted by Gasteiger charge is 2.34. The Bertz CT molecular complexity index is 1070. The van der Waals surface area contributed by atoms with Gasteiger partial charge < -0.3 is 20.0 Å². The zero-order valence-corrected chi connectivity index (χ0v) is 18.2. The summed E-state index contributed by atoms with van der Waals surface area (Å²) in [6.07, 6.45) is -0.00898. The van der Waals surface area contributed by atoms with E-state index in [1.807, 2.05) is 0 Å². The van der Waals surface area contributed by atoms with Crippen LogP contribution >= 0.6 is 11.8 Å². The molecule has 3 rings (SSSR count). The first kappa shape index (κ1) is 23.0. The van der Waals surface area contributed by atoms with Crippen LogP contribution in [0.1, 0.15) is 34.1 Å². The molecule has 2 aromatic rings. The molecule has 1 aliphatic heterocycles. The summed E-state index contributed by atoms with van der Waals surface area (Å²) in [5.41, 5.74) is 1.30. The van der Waals surface area contributed by atoms with Crippen LogP contribution in [-0.2, 0) is 14.3 Å². The van der Waals surface area contributed by atoms with Gasteiger partial charge in [0.25, 0.3) is 0 Å². The number of carbonyl (C=O) groups excluding carboxylic acids is 4. The number of rotatable bonds is 6. The molecule has 0 spiro atoms. The molecule has 1 N–H and O–H groups in total. The number of carboxylic acid groups (broad SMARTS) is 1. The van der Waals surface area contributed by atoms with E-state index in [4.69, 9.17) is 4.74 Å². The minimum absolute atomic E-state index is 0.00441. The third kappa shape index (κ3) is 5.52. The van der Waals surface area contributed by atoms with E-state index in [0.29, 0.717) is 22.1 Å². The predicted molar refractivity (Wildman–Crippen MR) is 118 cm³/mol. The Morgan fingerprint density at radius 3 is 2.34 bits per heavy atom. The van der Waals surface area contributed by atoms with Crippen LogP contribution in [0.2, 0.25) is 0 Å². The molecule has 1 aliphatic rings. The molecule has 0 saturated carbocycles. The van der Waals surface area contributed by atoms with Crippen LogP contribution < -0.4 is 10.4 Å². The average molecular weight is 454 g/mol. The Morgan fingerprint density at radius 2 is 1.75 bits per heavy atom. The first-order valence-electron chi connectivity index (χ1n) is 9.70. The number of ether oxygens (including phenoxy) is 1. The Labute approximate surface area is 188 Å². The van der Waals surface area contributed by atoms with Crippen molar-refractivity contribution in [1.82, 2.24) is 4.90 Å². The van der Waals surface area contributed by atoms with Gasteiger partial charge in [0.2, 0.25) is 11.8 Å². The topological polar surface area (TPSA) is 128 Å². The normalized spacial score (nSPS) is 17.2. The molecule has 9 nitrogen and oxygen atoms in total. The van der Waals surface area contributed by atoms with Crippen LogP contribution in [0, 0.1) is 0 Å². The van der Waals surface area contributed by atoms with Crippen LogP contribution in [0.4, 0.5) is 11.4 Å². The Hall–Kier alpha value is -3.66. The second-order valence-corrected chi connectivity index (χ2v) is 7.95. The van der Waals surface area contributed by atoms with Crippen molar-refractivity contribution < 1.29 is 29.0 Å². The number of nitrogens with one attached hydrogen (secondary N) is 1. The summed E-state index contributed by atoms with van der Waals surface area (Å²) in [5.74, 6) is -2.41. The molecule has 10 heteroatoms. The number of amidine groups is 1. The van der Waals surface area contributed by atoms with Crippen molar-refractivity contribution in [2.45, 2.75) is 18.6 Å². The Kier molecular flexibility index (Phi) is 7.26. The summed E-state index contributed by atoms with van der Waals surface area (Å²) in [4.78, 5) is 53.5. The lowest BCUT2D eigenvalue weighted by Crippen LogP contribution is -2.43. The molecule has 0 radical (unpaired) electrons. The molecule has 0 aromatic heterocycles. The van der Waals surface area contributed by atoms with Crippen molar-refractivity contribution in [3.8, 4) is 0 Å². The minimum atomic E-state index is -1.31. The molecular weight excluding hydrogens is 434 g/mol. The fraction of sp³-hybridized carbons (Fsp3) is 0.227. The number of hydrogen-bond acceptors (Lipinski definition) is 8. The molecule has 1 saturated heterocycles. The SMILES string of the molecule is CCOC(=O)c1ccc(N=C2S[C@H](C(=O)Nc3ccc(C(=O)[O-])cc3)CC(=O)N2C)cc1. The number of esters is 1. The van der Waals surface area contributed by atoms with Crippen molar-refractivity contribution in [2.75, 3.05) is 19.0 Å². The quantitative estimate of drug-likeness (QED) is 0.659. The summed E-state index contributed by atoms with van der Waals surface area (Å²) in [6.45, 7) is 2.00. The van der Waals surface area contributed by atoms with E-state index in [0.717, 1.165) is 11.8 Å². The van der Waals surface area contributed by atoms with Gasteiger partial charge in [-0.1, -0.05) is 23.9 Å². The summed E-state index contributed by atoms with van der Waals surface area (Å²) in [6, 6.07) is 12.0. The standard InChI is InChI=1S/C22H21N3O6S/c1-3-31-21(30)14-6-10-16(11-7-14)24-22-25(2)18(26)12-17(32-22)19(27)23-15-8-4-13(5-9-15)20(28)29/h4-11,17H,3,12H2,1-2H3,(H,23,27)(H,28,29)/p-1/t17-/m0/s1. The molecule has 0 bridgehead atoms. The summed E-state index contributed by atoms with van der Waals surface area (Å²) >= 11 is 1.14. The molecule has 0 aliphatic carbocycles. The summed E-state index contributed by atoms with van der Waals surface area (Å²) in [5, 5.41) is 13.1. The van der Waals surface area contributed by atoms with Crippen molar-refractivity contribution in [2.24, 2.45) is 4.99 Å². The zero-order chi connectivity index (χ0) is 23.3. The second-order valence-electron chi connectivity index (χ2n) is 6.78. The van der Waals surface area contributed by atoms with Crippen LogP contribution in [0.5, 0.6) is 0 Å². The van der Waals surface area contributed by atoms with Crippen LogP contribution in [0.15, 0.2) is 53.5 Å². The van der Waals surface area contributed by atoms with E-state index in [9.17, 15) is 24.3 Å². The van der Waals surface area contributed by atoms with Gasteiger partial charge in [-0.05, 0) is 48.9 Å². The predicted octanol–water partition coefficient (Wildman–Crippen LogP) is 1.82. The highest BCUT2D eigenvalue weighted by molar-refractivity contribution is 8.15. The van der Waals surface area contributed by atoms with Crippen molar-refractivity contribution in [3.63, 3.8) is 0 Å². The number of aliphatic imine (C=N–C) groups is 1. The smallest absolute Gasteiger partial charge is 0.338 e. The monoisotopic (exact) mass is 454 g/mol. The van der Waals surface area contributed by atoms with Gasteiger partial charge in [0.05, 0.1) is 23.8 Å². The summed E-state index contributed by atoms with van der Waals surface area (Å²) < 4.78 is 4.95. The molecule has 2 aromatic carbocycles. The van der Waals surface area contributed by atoms with E-state index in [1.165, 1.54) is 29.2 Å². The average Bonchev–Trinajstić information content (AvgIpc) is 2.77. The van der Waals surface area contributed by atoms with Gasteiger partial charge >= 0.3 is 5.97 Å². The first-order valence-corrected chi connectivity index (χ1v) is 10.6. The van der Waals surface area contributed by atoms with E-state index in [1.54, 1.807) is 38.2 Å². The number of anilines is 1. The van der Waals surface area contributed by atoms with E-state index < -0.39 is 23.1 Å². The highest BCUT2D eigenvalue weighted by atomic mass is 32.2. The Balaban J connectivity index is 1.72. The molecule has 1 atom stereocenters. The van der Waals surface area contributed by atoms with Gasteiger partial charge in [0, 0.05) is 19.2 Å². The maximum atomic E-state index is 12.7. The van der Waals surface area contributed by atoms with Crippen molar-refractivity contribution in [3.05, 3.63) is 59.7 Å².